The Morgan fingerprint density at radius 1 is 1.29 bits per heavy atom. The molecule has 1 unspecified atom stereocenters. The van der Waals surface area contributed by atoms with Gasteiger partial charge in [-0.05, 0) is 13.8 Å². The maximum absolute atomic E-state index is 12.0. The maximum atomic E-state index is 12.0. The van der Waals surface area contributed by atoms with Crippen LogP contribution in [0.4, 0.5) is 4.39 Å². The van der Waals surface area contributed by atoms with Crippen molar-refractivity contribution in [3.05, 3.63) is 0 Å². The summed E-state index contributed by atoms with van der Waals surface area (Å²) in [7, 11) is 0. The van der Waals surface area contributed by atoms with Crippen LogP contribution in [0.1, 0.15) is 27.2 Å². The second kappa shape index (κ2) is 6.51. The Labute approximate surface area is 84.3 Å². The van der Waals surface area contributed by atoms with Gasteiger partial charge >= 0.3 is 0 Å². The Hall–Kier alpha value is -0.930. The number of alkyl halides is 1. The highest BCUT2D eigenvalue weighted by Crippen LogP contribution is 2.07. The average molecular weight is 203 g/mol. The van der Waals surface area contributed by atoms with Crippen molar-refractivity contribution in [3.63, 3.8) is 0 Å². The number of carbonyl (C=O) groups excluding carboxylic acids is 2. The van der Waals surface area contributed by atoms with Gasteiger partial charge in [-0.15, -0.1) is 0 Å². The van der Waals surface area contributed by atoms with Gasteiger partial charge in [-0.2, -0.15) is 0 Å². The number of rotatable bonds is 6. The Bertz CT molecular complexity index is 202. The predicted octanol–water partition coefficient (Wildman–Crippen LogP) is 1.42. The number of hydrogen-bond donors (Lipinski definition) is 0. The first-order chi connectivity index (χ1) is 6.56. The molecule has 0 fully saturated rings. The molecule has 82 valence electrons. The molecule has 0 rings (SSSR count). The SMILES string of the molecule is CCN(CC)C(=O)CC(C)C(=O)CF. The van der Waals surface area contributed by atoms with Gasteiger partial charge in [-0.1, -0.05) is 6.92 Å². The number of ketones is 1. The van der Waals surface area contributed by atoms with Crippen molar-refractivity contribution in [1.29, 1.82) is 0 Å². The van der Waals surface area contributed by atoms with Crippen molar-refractivity contribution in [2.45, 2.75) is 27.2 Å². The zero-order chi connectivity index (χ0) is 11.1. The Balaban J connectivity index is 4.10. The molecule has 0 aromatic heterocycles. The van der Waals surface area contributed by atoms with Gasteiger partial charge in [-0.25, -0.2) is 4.39 Å². The number of nitrogens with zero attached hydrogens (tertiary/aromatic N) is 1. The van der Waals surface area contributed by atoms with E-state index in [1.165, 1.54) is 0 Å². The van der Waals surface area contributed by atoms with Gasteiger partial charge in [-0.3, -0.25) is 9.59 Å². The summed E-state index contributed by atoms with van der Waals surface area (Å²) in [6.45, 7) is 5.62. The second-order valence-corrected chi connectivity index (χ2v) is 3.27. The minimum Gasteiger partial charge on any atom is -0.343 e. The van der Waals surface area contributed by atoms with Crippen LogP contribution in [-0.4, -0.2) is 36.4 Å². The lowest BCUT2D eigenvalue weighted by Gasteiger charge is -2.20. The molecule has 0 bridgehead atoms. The molecule has 0 radical (unpaired) electrons. The molecule has 0 aromatic carbocycles. The third kappa shape index (κ3) is 3.85. The number of amides is 1. The topological polar surface area (TPSA) is 37.4 Å². The van der Waals surface area contributed by atoms with E-state index in [0.29, 0.717) is 13.1 Å². The standard InChI is InChI=1S/C10H18FNO2/c1-4-12(5-2)10(14)6-8(3)9(13)7-11/h8H,4-7H2,1-3H3. The minimum absolute atomic E-state index is 0.0794. The molecule has 3 nitrogen and oxygen atoms in total. The summed E-state index contributed by atoms with van der Waals surface area (Å²) in [6, 6.07) is 0. The van der Waals surface area contributed by atoms with Crippen molar-refractivity contribution in [1.82, 2.24) is 4.90 Å². The van der Waals surface area contributed by atoms with Crippen LogP contribution in [0.2, 0.25) is 0 Å². The molecule has 1 atom stereocenters. The molecule has 0 saturated carbocycles. The van der Waals surface area contributed by atoms with Crippen LogP contribution in [0.3, 0.4) is 0 Å². The molecule has 0 aliphatic heterocycles. The van der Waals surface area contributed by atoms with Crippen molar-refractivity contribution < 1.29 is 14.0 Å². The van der Waals surface area contributed by atoms with Crippen LogP contribution in [0.5, 0.6) is 0 Å². The van der Waals surface area contributed by atoms with Crippen LogP contribution < -0.4 is 0 Å². The fourth-order valence-corrected chi connectivity index (χ4v) is 1.21. The highest BCUT2D eigenvalue weighted by Gasteiger charge is 2.19. The Kier molecular flexibility index (Phi) is 6.08. The van der Waals surface area contributed by atoms with Crippen LogP contribution in [0.25, 0.3) is 0 Å². The van der Waals surface area contributed by atoms with E-state index in [1.807, 2.05) is 13.8 Å². The molecule has 0 N–H and O–H groups in total. The molecule has 0 aliphatic carbocycles. The third-order valence-corrected chi connectivity index (χ3v) is 2.28. The number of halogens is 1. The summed E-state index contributed by atoms with van der Waals surface area (Å²) < 4.78 is 12.0. The van der Waals surface area contributed by atoms with E-state index in [4.69, 9.17) is 0 Å². The molecular weight excluding hydrogens is 185 g/mol. The molecule has 0 saturated heterocycles. The van der Waals surface area contributed by atoms with Crippen LogP contribution in [-0.2, 0) is 9.59 Å². The van der Waals surface area contributed by atoms with Gasteiger partial charge in [0.25, 0.3) is 0 Å². The highest BCUT2D eigenvalue weighted by atomic mass is 19.1. The highest BCUT2D eigenvalue weighted by molar-refractivity contribution is 5.87. The minimum atomic E-state index is -0.979. The van der Waals surface area contributed by atoms with E-state index in [0.717, 1.165) is 0 Å². The first kappa shape index (κ1) is 13.1. The van der Waals surface area contributed by atoms with Gasteiger partial charge in [0.15, 0.2) is 5.78 Å². The van der Waals surface area contributed by atoms with E-state index >= 15 is 0 Å². The molecule has 14 heavy (non-hydrogen) atoms. The summed E-state index contributed by atoms with van der Waals surface area (Å²) in [5.74, 6) is -1.08. The summed E-state index contributed by atoms with van der Waals surface area (Å²) in [6.07, 6.45) is 0.116. The summed E-state index contributed by atoms with van der Waals surface area (Å²) in [5, 5.41) is 0. The summed E-state index contributed by atoms with van der Waals surface area (Å²) in [5.41, 5.74) is 0. The Morgan fingerprint density at radius 3 is 2.14 bits per heavy atom. The fourth-order valence-electron chi connectivity index (χ4n) is 1.21. The zero-order valence-electron chi connectivity index (χ0n) is 9.05. The van der Waals surface area contributed by atoms with Gasteiger partial charge in [0.1, 0.15) is 6.67 Å². The van der Waals surface area contributed by atoms with Crippen LogP contribution in [0.15, 0.2) is 0 Å². The van der Waals surface area contributed by atoms with E-state index in [-0.39, 0.29) is 12.3 Å². The second-order valence-electron chi connectivity index (χ2n) is 3.27. The lowest BCUT2D eigenvalue weighted by molar-refractivity contribution is -0.135. The van der Waals surface area contributed by atoms with E-state index in [9.17, 15) is 14.0 Å². The lowest BCUT2D eigenvalue weighted by atomic mass is 10.0. The lowest BCUT2D eigenvalue weighted by Crippen LogP contribution is -2.33. The maximum Gasteiger partial charge on any atom is 0.223 e. The van der Waals surface area contributed by atoms with E-state index in [1.54, 1.807) is 11.8 Å². The molecule has 0 heterocycles. The van der Waals surface area contributed by atoms with Crippen LogP contribution in [0, 0.1) is 5.92 Å². The first-order valence-corrected chi connectivity index (χ1v) is 4.93. The van der Waals surface area contributed by atoms with E-state index in [2.05, 4.69) is 0 Å². The Morgan fingerprint density at radius 2 is 1.79 bits per heavy atom. The molecule has 0 spiro atoms. The normalized spacial score (nSPS) is 12.3. The monoisotopic (exact) mass is 203 g/mol. The van der Waals surface area contributed by atoms with Crippen molar-refractivity contribution >= 4 is 11.7 Å². The first-order valence-electron chi connectivity index (χ1n) is 4.93. The number of Topliss-reactive ketones (excluding diaryl/α,β-unsaturated/α-hetero) is 1. The third-order valence-electron chi connectivity index (χ3n) is 2.28. The van der Waals surface area contributed by atoms with Gasteiger partial charge in [0, 0.05) is 25.4 Å². The molecule has 4 heteroatoms. The van der Waals surface area contributed by atoms with Crippen LogP contribution >= 0.6 is 0 Å². The average Bonchev–Trinajstić information content (AvgIpc) is 2.18. The summed E-state index contributed by atoms with van der Waals surface area (Å²) in [4.78, 5) is 24.0. The van der Waals surface area contributed by atoms with Crippen molar-refractivity contribution in [2.75, 3.05) is 19.8 Å². The number of hydrogen-bond acceptors (Lipinski definition) is 2. The van der Waals surface area contributed by atoms with Gasteiger partial charge in [0.2, 0.25) is 5.91 Å². The zero-order valence-corrected chi connectivity index (χ0v) is 9.05. The molecular formula is C10H18FNO2. The predicted molar refractivity (Wildman–Crippen MR) is 52.7 cm³/mol. The molecule has 0 aromatic rings. The number of carbonyl (C=O) groups is 2. The van der Waals surface area contributed by atoms with Gasteiger partial charge in [0.05, 0.1) is 0 Å². The smallest absolute Gasteiger partial charge is 0.223 e. The largest absolute Gasteiger partial charge is 0.343 e. The summed E-state index contributed by atoms with van der Waals surface area (Å²) >= 11 is 0. The molecule has 1 amide bonds. The van der Waals surface area contributed by atoms with Gasteiger partial charge < -0.3 is 4.90 Å². The quantitative estimate of drug-likeness (QED) is 0.654. The van der Waals surface area contributed by atoms with E-state index < -0.39 is 18.4 Å². The fraction of sp³-hybridized carbons (Fsp3) is 0.800. The van der Waals surface area contributed by atoms with Crippen molar-refractivity contribution in [2.24, 2.45) is 5.92 Å². The van der Waals surface area contributed by atoms with Crippen molar-refractivity contribution in [3.8, 4) is 0 Å². The molecule has 0 aliphatic rings.